The molecule has 5 nitrogen and oxygen atoms in total. The van der Waals surface area contributed by atoms with E-state index in [2.05, 4.69) is 39.0 Å². The molecule has 1 N–H and O–H groups in total. The summed E-state index contributed by atoms with van der Waals surface area (Å²) in [5.74, 6) is 0.920. The summed E-state index contributed by atoms with van der Waals surface area (Å²) >= 11 is 0. The maximum absolute atomic E-state index is 9.54. The lowest BCUT2D eigenvalue weighted by Crippen LogP contribution is -2.52. The molecule has 0 bridgehead atoms. The molecule has 1 aliphatic heterocycles. The number of aromatic nitrogens is 1. The Morgan fingerprint density at radius 2 is 1.93 bits per heavy atom. The van der Waals surface area contributed by atoms with E-state index in [1.807, 2.05) is 32.0 Å². The molecule has 0 saturated carbocycles. The van der Waals surface area contributed by atoms with Crippen molar-refractivity contribution in [3.8, 4) is 5.75 Å². The zero-order valence-electron chi connectivity index (χ0n) is 16.5. The summed E-state index contributed by atoms with van der Waals surface area (Å²) in [6, 6.07) is 14.9. The van der Waals surface area contributed by atoms with Crippen molar-refractivity contribution in [1.29, 1.82) is 0 Å². The highest BCUT2D eigenvalue weighted by Gasteiger charge is 2.26. The van der Waals surface area contributed by atoms with Crippen LogP contribution in [0.25, 0.3) is 0 Å². The number of nitrogens with zero attached hydrogens (tertiary/aromatic N) is 3. The highest BCUT2D eigenvalue weighted by molar-refractivity contribution is 5.27. The van der Waals surface area contributed by atoms with Gasteiger partial charge in [-0.05, 0) is 50.1 Å². The Balaban J connectivity index is 1.60. The molecule has 1 fully saturated rings. The van der Waals surface area contributed by atoms with Gasteiger partial charge in [-0.1, -0.05) is 18.2 Å². The van der Waals surface area contributed by atoms with Crippen molar-refractivity contribution in [2.45, 2.75) is 39.4 Å². The topological polar surface area (TPSA) is 48.8 Å². The summed E-state index contributed by atoms with van der Waals surface area (Å²) in [6.07, 6.45) is 0.800. The van der Waals surface area contributed by atoms with E-state index in [1.54, 1.807) is 0 Å². The molecule has 0 unspecified atom stereocenters. The largest absolute Gasteiger partial charge is 0.494 e. The zero-order valence-corrected chi connectivity index (χ0v) is 16.5. The van der Waals surface area contributed by atoms with Crippen LogP contribution >= 0.6 is 0 Å². The Morgan fingerprint density at radius 3 is 2.63 bits per heavy atom. The van der Waals surface area contributed by atoms with Crippen molar-refractivity contribution in [3.63, 3.8) is 0 Å². The van der Waals surface area contributed by atoms with Crippen molar-refractivity contribution < 1.29 is 9.84 Å². The molecule has 146 valence electrons. The number of aliphatic hydroxyl groups is 1. The van der Waals surface area contributed by atoms with Crippen LogP contribution in [0.4, 0.5) is 0 Å². The van der Waals surface area contributed by atoms with Gasteiger partial charge in [0, 0.05) is 51.1 Å². The summed E-state index contributed by atoms with van der Waals surface area (Å²) in [5, 5.41) is 9.54. The predicted octanol–water partition coefficient (Wildman–Crippen LogP) is 2.86. The van der Waals surface area contributed by atoms with Crippen molar-refractivity contribution in [1.82, 2.24) is 14.8 Å². The van der Waals surface area contributed by atoms with Crippen LogP contribution in [0.1, 0.15) is 30.3 Å². The zero-order chi connectivity index (χ0) is 19.1. The lowest BCUT2D eigenvalue weighted by Gasteiger charge is -2.41. The number of benzene rings is 1. The van der Waals surface area contributed by atoms with Gasteiger partial charge in [0.1, 0.15) is 5.75 Å². The van der Waals surface area contributed by atoms with Gasteiger partial charge in [0.2, 0.25) is 0 Å². The maximum atomic E-state index is 9.54. The molecule has 5 heteroatoms. The lowest BCUT2D eigenvalue weighted by molar-refractivity contribution is 0.0494. The third kappa shape index (κ3) is 5.76. The summed E-state index contributed by atoms with van der Waals surface area (Å²) in [7, 11) is 0. The number of aryl methyl sites for hydroxylation is 1. The minimum Gasteiger partial charge on any atom is -0.494 e. The van der Waals surface area contributed by atoms with Gasteiger partial charge in [-0.25, -0.2) is 0 Å². The Morgan fingerprint density at radius 1 is 1.11 bits per heavy atom. The van der Waals surface area contributed by atoms with Crippen LogP contribution in [0.5, 0.6) is 5.75 Å². The minimum absolute atomic E-state index is 0.223. The van der Waals surface area contributed by atoms with Gasteiger partial charge in [-0.2, -0.15) is 0 Å². The quantitative estimate of drug-likeness (QED) is 0.775. The minimum atomic E-state index is 0.223. The van der Waals surface area contributed by atoms with Gasteiger partial charge >= 0.3 is 0 Å². The molecule has 3 rings (SSSR count). The number of piperazine rings is 1. The number of hydrogen-bond donors (Lipinski definition) is 1. The molecule has 0 aliphatic carbocycles. The molecule has 27 heavy (non-hydrogen) atoms. The molecule has 1 aromatic heterocycles. The molecule has 1 atom stereocenters. The normalized spacial score (nSPS) is 18.6. The number of aliphatic hydroxyl groups excluding tert-OH is 1. The van der Waals surface area contributed by atoms with E-state index in [0.29, 0.717) is 12.6 Å². The van der Waals surface area contributed by atoms with E-state index in [-0.39, 0.29) is 6.61 Å². The monoisotopic (exact) mass is 369 g/mol. The van der Waals surface area contributed by atoms with E-state index in [9.17, 15) is 5.11 Å². The molecule has 0 spiro atoms. The van der Waals surface area contributed by atoms with Crippen LogP contribution in [0.15, 0.2) is 42.5 Å². The Labute approximate surface area is 162 Å². The number of rotatable bonds is 8. The van der Waals surface area contributed by atoms with E-state index >= 15 is 0 Å². The third-order valence-corrected chi connectivity index (χ3v) is 5.10. The van der Waals surface area contributed by atoms with E-state index < -0.39 is 0 Å². The Bertz CT molecular complexity index is 705. The van der Waals surface area contributed by atoms with E-state index in [1.165, 1.54) is 5.56 Å². The molecule has 1 aromatic carbocycles. The Hall–Kier alpha value is -1.95. The smallest absolute Gasteiger partial charge is 0.119 e. The second-order valence-electron chi connectivity index (χ2n) is 7.22. The molecule has 0 amide bonds. The van der Waals surface area contributed by atoms with Crippen LogP contribution in [-0.2, 0) is 13.1 Å². The first-order valence-electron chi connectivity index (χ1n) is 9.89. The molecular weight excluding hydrogens is 338 g/mol. The third-order valence-electron chi connectivity index (χ3n) is 5.10. The maximum Gasteiger partial charge on any atom is 0.119 e. The van der Waals surface area contributed by atoms with Crippen molar-refractivity contribution in [2.75, 3.05) is 32.8 Å². The van der Waals surface area contributed by atoms with Gasteiger partial charge in [0.25, 0.3) is 0 Å². The first-order valence-corrected chi connectivity index (χ1v) is 9.89. The molecule has 2 aromatic rings. The van der Waals surface area contributed by atoms with Gasteiger partial charge in [0.05, 0.1) is 12.3 Å². The number of ether oxygens (including phenoxy) is 1. The van der Waals surface area contributed by atoms with E-state index in [0.717, 1.165) is 56.3 Å². The fraction of sp³-hybridized carbons (Fsp3) is 0.500. The second kappa shape index (κ2) is 9.83. The highest BCUT2D eigenvalue weighted by Crippen LogP contribution is 2.20. The standard InChI is InChI=1S/C22H31N3O2/c1-3-27-22-9-7-19(8-10-22)15-25-13-12-24(17-21(25)11-14-26)16-20-6-4-5-18(2)23-20/h4-10,21,26H,3,11-17H2,1-2H3/t21-/m1/s1. The molecular formula is C22H31N3O2. The molecule has 1 saturated heterocycles. The second-order valence-corrected chi connectivity index (χ2v) is 7.22. The number of hydrogen-bond acceptors (Lipinski definition) is 5. The van der Waals surface area contributed by atoms with Crippen LogP contribution in [0, 0.1) is 6.92 Å². The van der Waals surface area contributed by atoms with Gasteiger partial charge in [0.15, 0.2) is 0 Å². The highest BCUT2D eigenvalue weighted by atomic mass is 16.5. The summed E-state index contributed by atoms with van der Waals surface area (Å²) in [5.41, 5.74) is 3.47. The SMILES string of the molecule is CCOc1ccc(CN2CCN(Cc3cccc(C)n3)C[C@H]2CCO)cc1. The summed E-state index contributed by atoms with van der Waals surface area (Å²) in [6.45, 7) is 9.72. The van der Waals surface area contributed by atoms with Crippen molar-refractivity contribution in [2.24, 2.45) is 0 Å². The van der Waals surface area contributed by atoms with Crippen LogP contribution in [-0.4, -0.2) is 58.8 Å². The average molecular weight is 370 g/mol. The van der Waals surface area contributed by atoms with Crippen molar-refractivity contribution in [3.05, 3.63) is 59.4 Å². The van der Waals surface area contributed by atoms with Crippen molar-refractivity contribution >= 4 is 0 Å². The molecule has 0 radical (unpaired) electrons. The lowest BCUT2D eigenvalue weighted by atomic mass is 10.1. The first kappa shape index (κ1) is 19.8. The fourth-order valence-corrected chi connectivity index (χ4v) is 3.74. The number of pyridine rings is 1. The molecule has 1 aliphatic rings. The molecule has 2 heterocycles. The fourth-order valence-electron chi connectivity index (χ4n) is 3.74. The summed E-state index contributed by atoms with van der Waals surface area (Å²) < 4.78 is 5.53. The van der Waals surface area contributed by atoms with E-state index in [4.69, 9.17) is 4.74 Å². The van der Waals surface area contributed by atoms with Crippen LogP contribution < -0.4 is 4.74 Å². The van der Waals surface area contributed by atoms with Crippen LogP contribution in [0.2, 0.25) is 0 Å². The summed E-state index contributed by atoms with van der Waals surface area (Å²) in [4.78, 5) is 9.58. The van der Waals surface area contributed by atoms with Gasteiger partial charge in [-0.3, -0.25) is 14.8 Å². The Kier molecular flexibility index (Phi) is 7.21. The predicted molar refractivity (Wildman–Crippen MR) is 108 cm³/mol. The first-order chi connectivity index (χ1) is 13.2. The van der Waals surface area contributed by atoms with Crippen LogP contribution in [0.3, 0.4) is 0 Å². The average Bonchev–Trinajstić information content (AvgIpc) is 2.66. The van der Waals surface area contributed by atoms with Gasteiger partial charge < -0.3 is 9.84 Å². The van der Waals surface area contributed by atoms with Gasteiger partial charge in [-0.15, -0.1) is 0 Å².